The summed E-state index contributed by atoms with van der Waals surface area (Å²) in [4.78, 5) is 18.7. The van der Waals surface area contributed by atoms with Crippen molar-refractivity contribution in [2.45, 2.75) is 50.5 Å². The van der Waals surface area contributed by atoms with E-state index in [4.69, 9.17) is 9.26 Å². The molecule has 23 heavy (non-hydrogen) atoms. The van der Waals surface area contributed by atoms with Gasteiger partial charge in [-0.2, -0.15) is 4.98 Å². The highest BCUT2D eigenvalue weighted by atomic mass is 16.5. The molecule has 0 bridgehead atoms. The van der Waals surface area contributed by atoms with Crippen LogP contribution in [0, 0.1) is 5.92 Å². The van der Waals surface area contributed by atoms with E-state index < -0.39 is 0 Å². The average molecular weight is 320 g/mol. The molecule has 1 aliphatic heterocycles. The third kappa shape index (κ3) is 3.72. The molecular weight excluding hydrogens is 296 g/mol. The summed E-state index contributed by atoms with van der Waals surface area (Å²) in [6.45, 7) is 2.60. The maximum Gasteiger partial charge on any atom is 0.328 e. The van der Waals surface area contributed by atoms with E-state index in [0.717, 1.165) is 44.2 Å². The first-order valence-electron chi connectivity index (χ1n) is 8.73. The molecule has 1 amide bonds. The Bertz CT molecular complexity index is 553. The molecule has 4 rings (SSSR count). The zero-order chi connectivity index (χ0) is 15.6. The second kappa shape index (κ2) is 6.57. The van der Waals surface area contributed by atoms with Gasteiger partial charge in [0.2, 0.25) is 5.91 Å². The minimum atomic E-state index is -0.0866. The highest BCUT2D eigenvalue weighted by molar-refractivity contribution is 5.90. The van der Waals surface area contributed by atoms with Crippen molar-refractivity contribution in [1.29, 1.82) is 0 Å². The van der Waals surface area contributed by atoms with Crippen molar-refractivity contribution in [2.75, 3.05) is 31.6 Å². The molecule has 1 aromatic heterocycles. The van der Waals surface area contributed by atoms with E-state index in [1.807, 2.05) is 0 Å². The van der Waals surface area contributed by atoms with Crippen LogP contribution in [0.4, 0.5) is 6.01 Å². The number of anilines is 1. The minimum absolute atomic E-state index is 0.0866. The molecule has 2 aliphatic carbocycles. The van der Waals surface area contributed by atoms with Crippen molar-refractivity contribution < 1.29 is 14.1 Å². The zero-order valence-corrected chi connectivity index (χ0v) is 13.4. The van der Waals surface area contributed by atoms with Gasteiger partial charge in [0.05, 0.1) is 19.8 Å². The maximum atomic E-state index is 12.3. The molecule has 1 atom stereocenters. The Hall–Kier alpha value is -1.47. The van der Waals surface area contributed by atoms with E-state index in [9.17, 15) is 4.79 Å². The average Bonchev–Trinajstić information content (AvgIpc) is 3.25. The molecule has 126 valence electrons. The minimum Gasteiger partial charge on any atom is -0.378 e. The van der Waals surface area contributed by atoms with Crippen LogP contribution < -0.4 is 5.32 Å². The molecular formula is C16H24N4O3. The topological polar surface area (TPSA) is 80.5 Å². The van der Waals surface area contributed by atoms with Gasteiger partial charge in [-0.3, -0.25) is 15.0 Å². The van der Waals surface area contributed by atoms with Gasteiger partial charge >= 0.3 is 6.01 Å². The van der Waals surface area contributed by atoms with Crippen LogP contribution in [0.5, 0.6) is 0 Å². The lowest BCUT2D eigenvalue weighted by atomic mass is 9.80. The smallest absolute Gasteiger partial charge is 0.328 e. The molecule has 0 spiro atoms. The van der Waals surface area contributed by atoms with Crippen molar-refractivity contribution in [3.05, 3.63) is 5.82 Å². The molecule has 7 heteroatoms. The third-order valence-corrected chi connectivity index (χ3v) is 5.16. The van der Waals surface area contributed by atoms with Crippen LogP contribution in [0.1, 0.15) is 50.3 Å². The molecule has 2 heterocycles. The van der Waals surface area contributed by atoms with E-state index in [-0.39, 0.29) is 11.9 Å². The number of ether oxygens (including phenoxy) is 1. The number of nitrogens with zero attached hydrogens (tertiary/aromatic N) is 3. The van der Waals surface area contributed by atoms with Crippen LogP contribution in [0.15, 0.2) is 4.52 Å². The van der Waals surface area contributed by atoms with Crippen molar-refractivity contribution >= 4 is 11.9 Å². The van der Waals surface area contributed by atoms with Gasteiger partial charge in [0.1, 0.15) is 0 Å². The second-order valence-corrected chi connectivity index (χ2v) is 7.01. The first-order chi connectivity index (χ1) is 11.3. The summed E-state index contributed by atoms with van der Waals surface area (Å²) in [6, 6.07) is 0.574. The zero-order valence-electron chi connectivity index (χ0n) is 13.4. The first-order valence-corrected chi connectivity index (χ1v) is 8.73. The summed E-state index contributed by atoms with van der Waals surface area (Å²) in [5.74, 6) is 1.87. The van der Waals surface area contributed by atoms with Crippen molar-refractivity contribution in [3.8, 4) is 0 Å². The Morgan fingerprint density at radius 2 is 2.17 bits per heavy atom. The fraction of sp³-hybridized carbons (Fsp3) is 0.812. The molecule has 1 aromatic rings. The molecule has 2 saturated carbocycles. The lowest BCUT2D eigenvalue weighted by Crippen LogP contribution is -2.49. The standard InChI is InChI=1S/C16H24N4O3/c21-14(17-16-18-15(19-23-16)12-4-5-12)9-20-6-7-22-10-13(20)8-11-2-1-3-11/h11-13H,1-10H2,(H,17,18,19,21). The summed E-state index contributed by atoms with van der Waals surface area (Å²) in [5, 5.41) is 6.65. The van der Waals surface area contributed by atoms with Crippen molar-refractivity contribution in [2.24, 2.45) is 5.92 Å². The molecule has 7 nitrogen and oxygen atoms in total. The Labute approximate surface area is 135 Å². The molecule has 3 fully saturated rings. The highest BCUT2D eigenvalue weighted by Gasteiger charge is 2.31. The number of morpholine rings is 1. The van der Waals surface area contributed by atoms with Gasteiger partial charge in [0, 0.05) is 18.5 Å². The number of nitrogens with one attached hydrogen (secondary N) is 1. The summed E-state index contributed by atoms with van der Waals surface area (Å²) in [7, 11) is 0. The van der Waals surface area contributed by atoms with Gasteiger partial charge in [-0.25, -0.2) is 0 Å². The van der Waals surface area contributed by atoms with E-state index in [1.54, 1.807) is 0 Å². The Morgan fingerprint density at radius 1 is 1.30 bits per heavy atom. The summed E-state index contributed by atoms with van der Waals surface area (Å²) >= 11 is 0. The predicted octanol–water partition coefficient (Wildman–Crippen LogP) is 1.78. The molecule has 3 aliphatic rings. The van der Waals surface area contributed by atoms with Gasteiger partial charge in [-0.1, -0.05) is 24.4 Å². The maximum absolute atomic E-state index is 12.3. The van der Waals surface area contributed by atoms with Crippen molar-refractivity contribution in [1.82, 2.24) is 15.0 Å². The Morgan fingerprint density at radius 3 is 2.91 bits per heavy atom. The highest BCUT2D eigenvalue weighted by Crippen LogP contribution is 2.38. The van der Waals surface area contributed by atoms with Crippen LogP contribution in [-0.2, 0) is 9.53 Å². The van der Waals surface area contributed by atoms with Gasteiger partial charge in [-0.05, 0) is 25.2 Å². The fourth-order valence-corrected chi connectivity index (χ4v) is 3.36. The number of carbonyl (C=O) groups is 1. The van der Waals surface area contributed by atoms with E-state index in [0.29, 0.717) is 25.1 Å². The molecule has 1 unspecified atom stereocenters. The first kappa shape index (κ1) is 15.1. The second-order valence-electron chi connectivity index (χ2n) is 7.01. The fourth-order valence-electron chi connectivity index (χ4n) is 3.36. The largest absolute Gasteiger partial charge is 0.378 e. The van der Waals surface area contributed by atoms with Crippen LogP contribution >= 0.6 is 0 Å². The number of aromatic nitrogens is 2. The number of hydrogen-bond acceptors (Lipinski definition) is 6. The molecule has 0 aromatic carbocycles. The number of hydrogen-bond donors (Lipinski definition) is 1. The SMILES string of the molecule is O=C(CN1CCOCC1CC1CCC1)Nc1nc(C2CC2)no1. The summed E-state index contributed by atoms with van der Waals surface area (Å²) < 4.78 is 10.7. The van der Waals surface area contributed by atoms with Gasteiger partial charge in [0.25, 0.3) is 0 Å². The van der Waals surface area contributed by atoms with Crippen LogP contribution in [0.3, 0.4) is 0 Å². The number of amides is 1. The Kier molecular flexibility index (Phi) is 4.31. The van der Waals surface area contributed by atoms with Crippen LogP contribution in [0.2, 0.25) is 0 Å². The van der Waals surface area contributed by atoms with Crippen LogP contribution in [-0.4, -0.2) is 53.3 Å². The van der Waals surface area contributed by atoms with Crippen molar-refractivity contribution in [3.63, 3.8) is 0 Å². The van der Waals surface area contributed by atoms with E-state index in [2.05, 4.69) is 20.4 Å². The molecule has 1 saturated heterocycles. The summed E-state index contributed by atoms with van der Waals surface area (Å²) in [6.07, 6.45) is 7.36. The molecule has 0 radical (unpaired) electrons. The van der Waals surface area contributed by atoms with Gasteiger partial charge < -0.3 is 9.26 Å². The summed E-state index contributed by atoms with van der Waals surface area (Å²) in [5.41, 5.74) is 0. The lowest BCUT2D eigenvalue weighted by molar-refractivity contribution is -0.120. The van der Waals surface area contributed by atoms with Crippen LogP contribution in [0.25, 0.3) is 0 Å². The normalized spacial score (nSPS) is 26.0. The third-order valence-electron chi connectivity index (χ3n) is 5.16. The number of carbonyl (C=O) groups excluding carboxylic acids is 1. The monoisotopic (exact) mass is 320 g/mol. The van der Waals surface area contributed by atoms with Gasteiger partial charge in [0.15, 0.2) is 5.82 Å². The molecule has 1 N–H and O–H groups in total. The number of rotatable bonds is 6. The Balaban J connectivity index is 1.30. The van der Waals surface area contributed by atoms with Gasteiger partial charge in [-0.15, -0.1) is 0 Å². The van der Waals surface area contributed by atoms with E-state index in [1.165, 1.54) is 19.3 Å². The van der Waals surface area contributed by atoms with E-state index >= 15 is 0 Å². The lowest BCUT2D eigenvalue weighted by Gasteiger charge is -2.38. The predicted molar refractivity (Wildman–Crippen MR) is 83.0 cm³/mol. The quantitative estimate of drug-likeness (QED) is 0.860.